The van der Waals surface area contributed by atoms with E-state index in [0.29, 0.717) is 5.75 Å². The van der Waals surface area contributed by atoms with Crippen LogP contribution in [0.5, 0.6) is 5.75 Å². The van der Waals surface area contributed by atoms with E-state index in [2.05, 4.69) is 25.1 Å². The van der Waals surface area contributed by atoms with Crippen molar-refractivity contribution < 1.29 is 5.11 Å². The SMILES string of the molecule is CCCc1cccc2ccc(O)cc12. The van der Waals surface area contributed by atoms with E-state index in [1.165, 1.54) is 16.3 Å². The molecule has 0 aromatic heterocycles. The Morgan fingerprint density at radius 1 is 1.14 bits per heavy atom. The van der Waals surface area contributed by atoms with Crippen LogP contribution in [0.3, 0.4) is 0 Å². The number of phenols is 1. The molecule has 0 aliphatic heterocycles. The van der Waals surface area contributed by atoms with Gasteiger partial charge in [0, 0.05) is 0 Å². The van der Waals surface area contributed by atoms with Gasteiger partial charge in [0.1, 0.15) is 5.75 Å². The van der Waals surface area contributed by atoms with Crippen molar-refractivity contribution in [1.29, 1.82) is 0 Å². The quantitative estimate of drug-likeness (QED) is 0.761. The highest BCUT2D eigenvalue weighted by atomic mass is 16.3. The minimum atomic E-state index is 0.348. The van der Waals surface area contributed by atoms with Crippen molar-refractivity contribution in [3.63, 3.8) is 0 Å². The van der Waals surface area contributed by atoms with Crippen molar-refractivity contribution in [3.05, 3.63) is 42.0 Å². The summed E-state index contributed by atoms with van der Waals surface area (Å²) in [5, 5.41) is 11.8. The second-order valence-corrected chi connectivity index (χ2v) is 3.57. The number of aryl methyl sites for hydroxylation is 1. The Bertz CT molecular complexity index is 446. The fourth-order valence-electron chi connectivity index (χ4n) is 1.81. The molecule has 1 heteroatoms. The number of phenolic OH excluding ortho intramolecular Hbond substituents is 1. The molecule has 0 saturated heterocycles. The molecule has 0 aliphatic rings. The van der Waals surface area contributed by atoms with E-state index in [1.807, 2.05) is 12.1 Å². The molecule has 2 aromatic carbocycles. The average Bonchev–Trinajstić information content (AvgIpc) is 2.19. The molecule has 0 radical (unpaired) electrons. The molecule has 1 N–H and O–H groups in total. The van der Waals surface area contributed by atoms with Crippen LogP contribution < -0.4 is 0 Å². The van der Waals surface area contributed by atoms with Crippen molar-refractivity contribution >= 4 is 10.8 Å². The first kappa shape index (κ1) is 9.07. The molecule has 0 spiro atoms. The number of fused-ring (bicyclic) bond motifs is 1. The van der Waals surface area contributed by atoms with E-state index in [4.69, 9.17) is 0 Å². The van der Waals surface area contributed by atoms with Gasteiger partial charge in [-0.25, -0.2) is 0 Å². The lowest BCUT2D eigenvalue weighted by molar-refractivity contribution is 0.476. The van der Waals surface area contributed by atoms with Crippen molar-refractivity contribution in [2.24, 2.45) is 0 Å². The smallest absolute Gasteiger partial charge is 0.116 e. The Labute approximate surface area is 84.0 Å². The predicted molar refractivity (Wildman–Crippen MR) is 59.6 cm³/mol. The van der Waals surface area contributed by atoms with Gasteiger partial charge in [-0.1, -0.05) is 37.6 Å². The summed E-state index contributed by atoms with van der Waals surface area (Å²) >= 11 is 0. The Hall–Kier alpha value is -1.50. The van der Waals surface area contributed by atoms with Crippen LogP contribution >= 0.6 is 0 Å². The second-order valence-electron chi connectivity index (χ2n) is 3.57. The molecule has 0 saturated carbocycles. The van der Waals surface area contributed by atoms with Gasteiger partial charge in [-0.05, 0) is 34.9 Å². The first-order valence-corrected chi connectivity index (χ1v) is 5.02. The Kier molecular flexibility index (Phi) is 2.40. The zero-order chi connectivity index (χ0) is 9.97. The lowest BCUT2D eigenvalue weighted by atomic mass is 10.0. The lowest BCUT2D eigenvalue weighted by Gasteiger charge is -2.05. The van der Waals surface area contributed by atoms with Gasteiger partial charge < -0.3 is 5.11 Å². The van der Waals surface area contributed by atoms with E-state index in [9.17, 15) is 5.11 Å². The molecule has 0 fully saturated rings. The van der Waals surface area contributed by atoms with Gasteiger partial charge in [-0.2, -0.15) is 0 Å². The van der Waals surface area contributed by atoms with E-state index in [1.54, 1.807) is 6.07 Å². The largest absolute Gasteiger partial charge is 0.508 e. The molecular formula is C13H14O. The summed E-state index contributed by atoms with van der Waals surface area (Å²) in [5.41, 5.74) is 1.32. The molecule has 14 heavy (non-hydrogen) atoms. The standard InChI is InChI=1S/C13H14O/c1-2-4-10-5-3-6-11-7-8-12(14)9-13(10)11/h3,5-9,14H,2,4H2,1H3. The normalized spacial score (nSPS) is 10.6. The summed E-state index contributed by atoms with van der Waals surface area (Å²) in [7, 11) is 0. The molecule has 2 rings (SSSR count). The van der Waals surface area contributed by atoms with Crippen molar-refractivity contribution in [1.82, 2.24) is 0 Å². The van der Waals surface area contributed by atoms with E-state index >= 15 is 0 Å². The van der Waals surface area contributed by atoms with Gasteiger partial charge in [0.05, 0.1) is 0 Å². The topological polar surface area (TPSA) is 20.2 Å². The van der Waals surface area contributed by atoms with Gasteiger partial charge in [-0.15, -0.1) is 0 Å². The number of aromatic hydroxyl groups is 1. The maximum absolute atomic E-state index is 9.42. The lowest BCUT2D eigenvalue weighted by Crippen LogP contribution is -1.85. The zero-order valence-electron chi connectivity index (χ0n) is 8.33. The van der Waals surface area contributed by atoms with Gasteiger partial charge in [0.15, 0.2) is 0 Å². The highest BCUT2D eigenvalue weighted by Gasteiger charge is 2.00. The minimum absolute atomic E-state index is 0.348. The van der Waals surface area contributed by atoms with Gasteiger partial charge >= 0.3 is 0 Å². The first-order valence-electron chi connectivity index (χ1n) is 5.02. The van der Waals surface area contributed by atoms with Crippen molar-refractivity contribution in [3.8, 4) is 5.75 Å². The van der Waals surface area contributed by atoms with Gasteiger partial charge in [0.2, 0.25) is 0 Å². The van der Waals surface area contributed by atoms with Crippen LogP contribution in [-0.2, 0) is 6.42 Å². The average molecular weight is 186 g/mol. The number of benzene rings is 2. The van der Waals surface area contributed by atoms with E-state index in [0.717, 1.165) is 12.8 Å². The maximum atomic E-state index is 9.42. The third-order valence-corrected chi connectivity index (χ3v) is 2.48. The second kappa shape index (κ2) is 3.70. The first-order chi connectivity index (χ1) is 6.81. The molecule has 0 atom stereocenters. The number of hydrogen-bond acceptors (Lipinski definition) is 1. The zero-order valence-corrected chi connectivity index (χ0v) is 8.33. The van der Waals surface area contributed by atoms with Crippen LogP contribution in [0.25, 0.3) is 10.8 Å². The maximum Gasteiger partial charge on any atom is 0.116 e. The fourth-order valence-corrected chi connectivity index (χ4v) is 1.81. The third kappa shape index (κ3) is 1.58. The van der Waals surface area contributed by atoms with Crippen LogP contribution in [0, 0.1) is 0 Å². The third-order valence-electron chi connectivity index (χ3n) is 2.48. The van der Waals surface area contributed by atoms with E-state index < -0.39 is 0 Å². The molecule has 72 valence electrons. The summed E-state index contributed by atoms with van der Waals surface area (Å²) in [6.07, 6.45) is 2.20. The van der Waals surface area contributed by atoms with E-state index in [-0.39, 0.29) is 0 Å². The van der Waals surface area contributed by atoms with Crippen LogP contribution in [0.1, 0.15) is 18.9 Å². The Morgan fingerprint density at radius 2 is 2.00 bits per heavy atom. The predicted octanol–water partition coefficient (Wildman–Crippen LogP) is 3.50. The molecule has 0 aliphatic carbocycles. The summed E-state index contributed by atoms with van der Waals surface area (Å²) in [5.74, 6) is 0.348. The summed E-state index contributed by atoms with van der Waals surface area (Å²) in [4.78, 5) is 0. The Morgan fingerprint density at radius 3 is 2.79 bits per heavy atom. The molecule has 0 heterocycles. The highest BCUT2D eigenvalue weighted by Crippen LogP contribution is 2.24. The summed E-state index contributed by atoms with van der Waals surface area (Å²) < 4.78 is 0. The van der Waals surface area contributed by atoms with Crippen LogP contribution in [0.2, 0.25) is 0 Å². The fraction of sp³-hybridized carbons (Fsp3) is 0.231. The summed E-state index contributed by atoms with van der Waals surface area (Å²) in [6.45, 7) is 2.17. The van der Waals surface area contributed by atoms with Crippen LogP contribution in [0.4, 0.5) is 0 Å². The van der Waals surface area contributed by atoms with Crippen LogP contribution in [0.15, 0.2) is 36.4 Å². The minimum Gasteiger partial charge on any atom is -0.508 e. The molecule has 0 bridgehead atoms. The van der Waals surface area contributed by atoms with Gasteiger partial charge in [-0.3, -0.25) is 0 Å². The monoisotopic (exact) mass is 186 g/mol. The molecule has 0 amide bonds. The Balaban J connectivity index is 2.64. The molecule has 2 aromatic rings. The van der Waals surface area contributed by atoms with Crippen molar-refractivity contribution in [2.45, 2.75) is 19.8 Å². The van der Waals surface area contributed by atoms with Crippen LogP contribution in [-0.4, -0.2) is 5.11 Å². The molecular weight excluding hydrogens is 172 g/mol. The van der Waals surface area contributed by atoms with Crippen molar-refractivity contribution in [2.75, 3.05) is 0 Å². The molecule has 1 nitrogen and oxygen atoms in total. The highest BCUT2D eigenvalue weighted by molar-refractivity contribution is 5.86. The molecule has 0 unspecified atom stereocenters. The van der Waals surface area contributed by atoms with Gasteiger partial charge in [0.25, 0.3) is 0 Å². The summed E-state index contributed by atoms with van der Waals surface area (Å²) in [6, 6.07) is 11.8. The number of hydrogen-bond donors (Lipinski definition) is 1. The number of rotatable bonds is 2.